The SMILES string of the molecule is COc1cc2c(N3C[C@H](N)C[C@H](O)C3)nccc2cc1C(N)=O. The van der Waals surface area contributed by atoms with Gasteiger partial charge in [-0.05, 0) is 30.0 Å². The molecule has 3 rings (SSSR count). The van der Waals surface area contributed by atoms with E-state index >= 15 is 0 Å². The molecule has 1 aromatic heterocycles. The fourth-order valence-corrected chi connectivity index (χ4v) is 3.08. The minimum Gasteiger partial charge on any atom is -0.496 e. The summed E-state index contributed by atoms with van der Waals surface area (Å²) < 4.78 is 5.28. The molecular formula is C16H20N4O3. The smallest absolute Gasteiger partial charge is 0.252 e. The first kappa shape index (κ1) is 15.5. The van der Waals surface area contributed by atoms with Gasteiger partial charge in [0.1, 0.15) is 11.6 Å². The second kappa shape index (κ2) is 6.02. The molecule has 5 N–H and O–H groups in total. The van der Waals surface area contributed by atoms with Gasteiger partial charge in [-0.15, -0.1) is 0 Å². The molecule has 2 heterocycles. The number of fused-ring (bicyclic) bond motifs is 1. The van der Waals surface area contributed by atoms with Gasteiger partial charge >= 0.3 is 0 Å². The molecule has 7 nitrogen and oxygen atoms in total. The monoisotopic (exact) mass is 316 g/mol. The molecule has 1 aliphatic rings. The summed E-state index contributed by atoms with van der Waals surface area (Å²) >= 11 is 0. The van der Waals surface area contributed by atoms with Gasteiger partial charge in [-0.3, -0.25) is 4.79 Å². The Morgan fingerprint density at radius 3 is 2.87 bits per heavy atom. The Kier molecular flexibility index (Phi) is 4.06. The van der Waals surface area contributed by atoms with E-state index in [1.54, 1.807) is 18.3 Å². The highest BCUT2D eigenvalue weighted by Crippen LogP contribution is 2.32. The highest BCUT2D eigenvalue weighted by molar-refractivity contribution is 6.03. The van der Waals surface area contributed by atoms with Crippen LogP contribution in [0.5, 0.6) is 5.75 Å². The molecule has 0 bridgehead atoms. The Balaban J connectivity index is 2.12. The van der Waals surface area contributed by atoms with Crippen LogP contribution >= 0.6 is 0 Å². The average molecular weight is 316 g/mol. The van der Waals surface area contributed by atoms with Crippen molar-refractivity contribution in [2.45, 2.75) is 18.6 Å². The van der Waals surface area contributed by atoms with E-state index in [9.17, 15) is 9.90 Å². The minimum atomic E-state index is -0.544. The van der Waals surface area contributed by atoms with Gasteiger partial charge in [0.25, 0.3) is 5.91 Å². The normalized spacial score (nSPS) is 21.4. The first-order chi connectivity index (χ1) is 11.0. The van der Waals surface area contributed by atoms with Crippen LogP contribution in [0.1, 0.15) is 16.8 Å². The number of β-amino-alcohol motifs (C(OH)–C–C–N with tert-alkyl or cyclic N) is 1. The third kappa shape index (κ3) is 2.93. The lowest BCUT2D eigenvalue weighted by Crippen LogP contribution is -2.49. The number of hydrogen-bond acceptors (Lipinski definition) is 6. The van der Waals surface area contributed by atoms with Crippen LogP contribution in [0, 0.1) is 0 Å². The predicted octanol–water partition coefficient (Wildman–Crippen LogP) is 0.241. The number of aliphatic hydroxyl groups excluding tert-OH is 1. The Morgan fingerprint density at radius 1 is 1.43 bits per heavy atom. The van der Waals surface area contributed by atoms with Gasteiger partial charge in [0.2, 0.25) is 0 Å². The van der Waals surface area contributed by atoms with Crippen molar-refractivity contribution in [2.24, 2.45) is 11.5 Å². The standard InChI is InChI=1S/C16H20N4O3/c1-23-14-6-12-9(4-13(14)15(18)22)2-3-19-16(12)20-7-10(17)5-11(21)8-20/h2-4,6,10-11,21H,5,7-8,17H2,1H3,(H2,18,22)/t10-,11+/m1/s1. The largest absolute Gasteiger partial charge is 0.496 e. The van der Waals surface area contributed by atoms with Crippen molar-refractivity contribution in [1.29, 1.82) is 0 Å². The molecule has 1 aromatic carbocycles. The molecule has 2 atom stereocenters. The van der Waals surface area contributed by atoms with Crippen LogP contribution in [0.25, 0.3) is 10.8 Å². The zero-order valence-corrected chi connectivity index (χ0v) is 12.9. The number of hydrogen-bond donors (Lipinski definition) is 3. The van der Waals surface area contributed by atoms with E-state index < -0.39 is 12.0 Å². The van der Waals surface area contributed by atoms with Gasteiger partial charge in [0.15, 0.2) is 0 Å². The maximum absolute atomic E-state index is 11.6. The van der Waals surface area contributed by atoms with Crippen molar-refractivity contribution < 1.29 is 14.6 Å². The zero-order chi connectivity index (χ0) is 16.6. The third-order valence-electron chi connectivity index (χ3n) is 4.09. The quantitative estimate of drug-likeness (QED) is 0.747. The molecular weight excluding hydrogens is 296 g/mol. The number of ether oxygens (including phenoxy) is 1. The molecule has 1 fully saturated rings. The Labute approximate surface area is 133 Å². The van der Waals surface area contributed by atoms with Crippen molar-refractivity contribution in [1.82, 2.24) is 4.98 Å². The summed E-state index contributed by atoms with van der Waals surface area (Å²) in [6.45, 7) is 1.09. The summed E-state index contributed by atoms with van der Waals surface area (Å²) in [6.07, 6.45) is 1.76. The fraction of sp³-hybridized carbons (Fsp3) is 0.375. The van der Waals surface area contributed by atoms with E-state index in [1.807, 2.05) is 11.0 Å². The topological polar surface area (TPSA) is 115 Å². The van der Waals surface area contributed by atoms with Crippen LogP contribution in [0.4, 0.5) is 5.82 Å². The number of anilines is 1. The number of carbonyl (C=O) groups excluding carboxylic acids is 1. The lowest BCUT2D eigenvalue weighted by molar-refractivity contribution is 0.0997. The highest BCUT2D eigenvalue weighted by atomic mass is 16.5. The molecule has 0 unspecified atom stereocenters. The number of primary amides is 1. The number of pyridine rings is 1. The number of piperidine rings is 1. The van der Waals surface area contributed by atoms with E-state index in [4.69, 9.17) is 16.2 Å². The van der Waals surface area contributed by atoms with Crippen molar-refractivity contribution >= 4 is 22.5 Å². The summed E-state index contributed by atoms with van der Waals surface area (Å²) in [4.78, 5) is 18.0. The second-order valence-corrected chi connectivity index (χ2v) is 5.83. The lowest BCUT2D eigenvalue weighted by Gasteiger charge is -2.35. The van der Waals surface area contributed by atoms with Crippen molar-refractivity contribution in [2.75, 3.05) is 25.1 Å². The Bertz CT molecular complexity index is 739. The molecule has 0 radical (unpaired) electrons. The summed E-state index contributed by atoms with van der Waals surface area (Å²) in [5.41, 5.74) is 11.7. The van der Waals surface area contributed by atoms with Gasteiger partial charge in [0, 0.05) is 30.7 Å². The molecule has 1 aliphatic heterocycles. The average Bonchev–Trinajstić information content (AvgIpc) is 2.51. The number of carbonyl (C=O) groups is 1. The van der Waals surface area contributed by atoms with E-state index in [0.29, 0.717) is 36.6 Å². The maximum Gasteiger partial charge on any atom is 0.252 e. The number of aliphatic hydroxyl groups is 1. The van der Waals surface area contributed by atoms with Crippen LogP contribution in [0.3, 0.4) is 0 Å². The zero-order valence-electron chi connectivity index (χ0n) is 12.9. The summed E-state index contributed by atoms with van der Waals surface area (Å²) in [5, 5.41) is 11.6. The molecule has 0 spiro atoms. The van der Waals surface area contributed by atoms with Gasteiger partial charge in [-0.1, -0.05) is 0 Å². The van der Waals surface area contributed by atoms with Crippen molar-refractivity contribution in [3.05, 3.63) is 30.0 Å². The Morgan fingerprint density at radius 2 is 2.22 bits per heavy atom. The van der Waals surface area contributed by atoms with E-state index in [1.165, 1.54) is 7.11 Å². The number of nitrogens with two attached hydrogens (primary N) is 2. The van der Waals surface area contributed by atoms with Gasteiger partial charge in [-0.2, -0.15) is 0 Å². The number of methoxy groups -OCH3 is 1. The molecule has 1 amide bonds. The third-order valence-corrected chi connectivity index (χ3v) is 4.09. The van der Waals surface area contributed by atoms with Crippen LogP contribution in [-0.4, -0.2) is 48.3 Å². The maximum atomic E-state index is 11.6. The molecule has 1 saturated heterocycles. The predicted molar refractivity (Wildman–Crippen MR) is 87.6 cm³/mol. The number of amides is 1. The number of aromatic nitrogens is 1. The summed E-state index contributed by atoms with van der Waals surface area (Å²) in [7, 11) is 1.49. The van der Waals surface area contributed by atoms with E-state index in [2.05, 4.69) is 4.98 Å². The van der Waals surface area contributed by atoms with Crippen molar-refractivity contribution in [3.63, 3.8) is 0 Å². The molecule has 122 valence electrons. The summed E-state index contributed by atoms with van der Waals surface area (Å²) in [5.74, 6) is 0.574. The number of nitrogens with zero attached hydrogens (tertiary/aromatic N) is 2. The van der Waals surface area contributed by atoms with Crippen LogP contribution in [0.15, 0.2) is 24.4 Å². The number of benzene rings is 1. The number of rotatable bonds is 3. The molecule has 0 aliphatic carbocycles. The minimum absolute atomic E-state index is 0.109. The fourth-order valence-electron chi connectivity index (χ4n) is 3.08. The molecule has 7 heteroatoms. The Hall–Kier alpha value is -2.38. The molecule has 23 heavy (non-hydrogen) atoms. The second-order valence-electron chi connectivity index (χ2n) is 5.83. The lowest BCUT2D eigenvalue weighted by atomic mass is 10.0. The van der Waals surface area contributed by atoms with Gasteiger partial charge in [0.05, 0.1) is 18.8 Å². The van der Waals surface area contributed by atoms with E-state index in [-0.39, 0.29) is 6.04 Å². The first-order valence-electron chi connectivity index (χ1n) is 7.44. The van der Waals surface area contributed by atoms with Crippen LogP contribution < -0.4 is 21.1 Å². The van der Waals surface area contributed by atoms with Crippen LogP contribution in [0.2, 0.25) is 0 Å². The van der Waals surface area contributed by atoms with Gasteiger partial charge < -0.3 is 26.2 Å². The van der Waals surface area contributed by atoms with E-state index in [0.717, 1.165) is 10.8 Å². The first-order valence-corrected chi connectivity index (χ1v) is 7.44. The van der Waals surface area contributed by atoms with Crippen LogP contribution in [-0.2, 0) is 0 Å². The van der Waals surface area contributed by atoms with Gasteiger partial charge in [-0.25, -0.2) is 4.98 Å². The molecule has 2 aromatic rings. The summed E-state index contributed by atoms with van der Waals surface area (Å²) in [6, 6.07) is 5.15. The molecule has 0 saturated carbocycles. The van der Waals surface area contributed by atoms with Crippen molar-refractivity contribution in [3.8, 4) is 5.75 Å². The highest BCUT2D eigenvalue weighted by Gasteiger charge is 2.26.